The van der Waals surface area contributed by atoms with Crippen LogP contribution >= 0.6 is 11.3 Å². The van der Waals surface area contributed by atoms with Gasteiger partial charge in [0.2, 0.25) is 0 Å². The summed E-state index contributed by atoms with van der Waals surface area (Å²) in [5, 5.41) is 7.37. The molecule has 0 unspecified atom stereocenters. The fourth-order valence-electron chi connectivity index (χ4n) is 4.12. The van der Waals surface area contributed by atoms with E-state index in [2.05, 4.69) is 22.6 Å². The molecular formula is C16H24N2OS. The number of aromatic nitrogens is 1. The van der Waals surface area contributed by atoms with Gasteiger partial charge in [-0.05, 0) is 44.9 Å². The monoisotopic (exact) mass is 292 g/mol. The van der Waals surface area contributed by atoms with Crippen LogP contribution in [0.2, 0.25) is 0 Å². The van der Waals surface area contributed by atoms with Gasteiger partial charge in [0.15, 0.2) is 0 Å². The van der Waals surface area contributed by atoms with Crippen LogP contribution in [0.25, 0.3) is 0 Å². The summed E-state index contributed by atoms with van der Waals surface area (Å²) in [7, 11) is 0. The summed E-state index contributed by atoms with van der Waals surface area (Å²) in [5.41, 5.74) is 0.459. The van der Waals surface area contributed by atoms with Crippen LogP contribution < -0.4 is 5.32 Å². The molecular weight excluding hydrogens is 268 g/mol. The van der Waals surface area contributed by atoms with E-state index in [1.165, 1.54) is 43.5 Å². The first-order chi connectivity index (χ1) is 9.83. The van der Waals surface area contributed by atoms with Gasteiger partial charge in [-0.3, -0.25) is 0 Å². The minimum Gasteiger partial charge on any atom is -0.378 e. The molecule has 3 aliphatic carbocycles. The Morgan fingerprint density at radius 2 is 2.35 bits per heavy atom. The van der Waals surface area contributed by atoms with Crippen LogP contribution in [0, 0.1) is 11.3 Å². The van der Waals surface area contributed by atoms with Crippen molar-refractivity contribution < 1.29 is 4.74 Å². The number of rotatable bonds is 6. The van der Waals surface area contributed by atoms with E-state index in [1.807, 2.05) is 17.5 Å². The molecule has 0 aliphatic heterocycles. The molecule has 4 rings (SSSR count). The number of ether oxygens (including phenoxy) is 1. The highest BCUT2D eigenvalue weighted by Crippen LogP contribution is 2.58. The molecule has 1 N–H and O–H groups in total. The molecule has 0 aromatic carbocycles. The molecule has 0 saturated heterocycles. The van der Waals surface area contributed by atoms with Crippen LogP contribution in [-0.4, -0.2) is 23.7 Å². The molecule has 1 aromatic rings. The largest absolute Gasteiger partial charge is 0.378 e. The van der Waals surface area contributed by atoms with Crippen molar-refractivity contribution in [2.24, 2.45) is 11.3 Å². The van der Waals surface area contributed by atoms with Crippen LogP contribution in [0.1, 0.15) is 56.5 Å². The van der Waals surface area contributed by atoms with Gasteiger partial charge in [-0.2, -0.15) is 0 Å². The van der Waals surface area contributed by atoms with Gasteiger partial charge in [0.05, 0.1) is 12.1 Å². The highest BCUT2D eigenvalue weighted by atomic mass is 32.1. The maximum Gasteiger partial charge on any atom is 0.110 e. The number of nitrogens with one attached hydrogen (secondary N) is 1. The Morgan fingerprint density at radius 3 is 2.90 bits per heavy atom. The van der Waals surface area contributed by atoms with E-state index in [1.54, 1.807) is 0 Å². The van der Waals surface area contributed by atoms with Gasteiger partial charge in [0, 0.05) is 29.6 Å². The first kappa shape index (κ1) is 13.2. The van der Waals surface area contributed by atoms with Gasteiger partial charge in [-0.15, -0.1) is 11.3 Å². The second-order valence-corrected chi connectivity index (χ2v) is 7.60. The summed E-state index contributed by atoms with van der Waals surface area (Å²) in [6.07, 6.45) is 10.5. The fraction of sp³-hybridized carbons (Fsp3) is 0.812. The molecule has 20 heavy (non-hydrogen) atoms. The standard InChI is InChI=1S/C16H24N2OS/c1-2-19-13-10-12(16(13)6-3-7-16)18-14(11-4-5-11)15-17-8-9-20-15/h8-9,11-14,18H,2-7,10H2,1H3/t12-,13+,14+/m0/s1. The minimum absolute atomic E-state index is 0.459. The molecule has 3 fully saturated rings. The van der Waals surface area contributed by atoms with Gasteiger partial charge in [0.25, 0.3) is 0 Å². The van der Waals surface area contributed by atoms with E-state index in [0.717, 1.165) is 12.5 Å². The van der Waals surface area contributed by atoms with E-state index in [9.17, 15) is 0 Å². The first-order valence-corrected chi connectivity index (χ1v) is 8.98. The van der Waals surface area contributed by atoms with Gasteiger partial charge < -0.3 is 10.1 Å². The lowest BCUT2D eigenvalue weighted by Gasteiger charge is -2.61. The van der Waals surface area contributed by atoms with Gasteiger partial charge >= 0.3 is 0 Å². The highest BCUT2D eigenvalue weighted by molar-refractivity contribution is 7.09. The molecule has 0 radical (unpaired) electrons. The van der Waals surface area contributed by atoms with Gasteiger partial charge in [-0.1, -0.05) is 6.42 Å². The third-order valence-electron chi connectivity index (χ3n) is 5.63. The van der Waals surface area contributed by atoms with Crippen molar-refractivity contribution >= 4 is 11.3 Å². The lowest BCUT2D eigenvalue weighted by molar-refractivity contribution is -0.175. The van der Waals surface area contributed by atoms with Crippen LogP contribution in [-0.2, 0) is 4.74 Å². The summed E-state index contributed by atoms with van der Waals surface area (Å²) >= 11 is 1.81. The van der Waals surface area contributed by atoms with E-state index < -0.39 is 0 Å². The van der Waals surface area contributed by atoms with Crippen LogP contribution in [0.3, 0.4) is 0 Å². The molecule has 0 bridgehead atoms. The Morgan fingerprint density at radius 1 is 1.50 bits per heavy atom. The number of hydrogen-bond acceptors (Lipinski definition) is 4. The summed E-state index contributed by atoms with van der Waals surface area (Å²) in [6.45, 7) is 2.98. The third-order valence-corrected chi connectivity index (χ3v) is 6.49. The van der Waals surface area contributed by atoms with Crippen molar-refractivity contribution in [3.63, 3.8) is 0 Å². The Kier molecular flexibility index (Phi) is 3.36. The van der Waals surface area contributed by atoms with Crippen LogP contribution in [0.5, 0.6) is 0 Å². The highest BCUT2D eigenvalue weighted by Gasteiger charge is 2.59. The van der Waals surface area contributed by atoms with E-state index in [4.69, 9.17) is 4.74 Å². The average molecular weight is 292 g/mol. The van der Waals surface area contributed by atoms with E-state index >= 15 is 0 Å². The number of thiazole rings is 1. The Hall–Kier alpha value is -0.450. The summed E-state index contributed by atoms with van der Waals surface area (Å²) in [4.78, 5) is 4.56. The molecule has 1 aromatic heterocycles. The number of hydrogen-bond donors (Lipinski definition) is 1. The molecule has 4 heteroatoms. The summed E-state index contributed by atoms with van der Waals surface area (Å²) in [6, 6.07) is 1.15. The Labute approximate surface area is 125 Å². The molecule has 0 amide bonds. The normalized spacial score (nSPS) is 32.6. The first-order valence-electron chi connectivity index (χ1n) is 8.10. The third kappa shape index (κ3) is 2.04. The molecule has 3 nitrogen and oxygen atoms in total. The lowest BCUT2D eigenvalue weighted by Crippen LogP contribution is -2.67. The van der Waals surface area contributed by atoms with E-state index in [-0.39, 0.29) is 0 Å². The lowest BCUT2D eigenvalue weighted by atomic mass is 9.51. The topological polar surface area (TPSA) is 34.1 Å². The Balaban J connectivity index is 1.46. The zero-order valence-electron chi connectivity index (χ0n) is 12.2. The predicted molar refractivity (Wildman–Crippen MR) is 80.8 cm³/mol. The summed E-state index contributed by atoms with van der Waals surface area (Å²) < 4.78 is 5.96. The predicted octanol–water partition coefficient (Wildman–Crippen LogP) is 3.53. The smallest absolute Gasteiger partial charge is 0.110 e. The molecule has 3 saturated carbocycles. The SMILES string of the molecule is CCO[C@@H]1C[C@H](N[C@@H](c2nccs2)C2CC2)C12CCC2. The fourth-order valence-corrected chi connectivity index (χ4v) is 4.91. The van der Waals surface area contributed by atoms with Gasteiger partial charge in [0.1, 0.15) is 5.01 Å². The quantitative estimate of drug-likeness (QED) is 0.871. The second kappa shape index (κ2) is 5.08. The second-order valence-electron chi connectivity index (χ2n) is 6.67. The minimum atomic E-state index is 0.459. The van der Waals surface area contributed by atoms with Crippen molar-refractivity contribution in [1.29, 1.82) is 0 Å². The van der Waals surface area contributed by atoms with Crippen molar-refractivity contribution in [3.05, 3.63) is 16.6 Å². The molecule has 3 aliphatic rings. The molecule has 110 valence electrons. The maximum atomic E-state index is 5.96. The summed E-state index contributed by atoms with van der Waals surface area (Å²) in [5.74, 6) is 0.824. The van der Waals surface area contributed by atoms with Gasteiger partial charge in [-0.25, -0.2) is 4.98 Å². The average Bonchev–Trinajstić information content (AvgIpc) is 3.05. The van der Waals surface area contributed by atoms with Crippen molar-refractivity contribution in [2.45, 2.75) is 63.6 Å². The molecule has 1 spiro atoms. The van der Waals surface area contributed by atoms with Crippen molar-refractivity contribution in [2.75, 3.05) is 6.61 Å². The zero-order valence-corrected chi connectivity index (χ0v) is 13.0. The van der Waals surface area contributed by atoms with Crippen molar-refractivity contribution in [3.8, 4) is 0 Å². The molecule has 1 heterocycles. The Bertz CT molecular complexity index is 453. The van der Waals surface area contributed by atoms with Crippen LogP contribution in [0.4, 0.5) is 0 Å². The number of nitrogens with zero attached hydrogens (tertiary/aromatic N) is 1. The van der Waals surface area contributed by atoms with Crippen LogP contribution in [0.15, 0.2) is 11.6 Å². The maximum absolute atomic E-state index is 5.96. The zero-order chi connectivity index (χ0) is 13.6. The van der Waals surface area contributed by atoms with Crippen molar-refractivity contribution in [1.82, 2.24) is 10.3 Å². The molecule has 3 atom stereocenters. The van der Waals surface area contributed by atoms with E-state index in [0.29, 0.717) is 23.6 Å².